The van der Waals surface area contributed by atoms with Crippen LogP contribution in [0.25, 0.3) is 0 Å². The van der Waals surface area contributed by atoms with Gasteiger partial charge in [0.25, 0.3) is 5.91 Å². The molecule has 0 heterocycles. The molecule has 24 heavy (non-hydrogen) atoms. The van der Waals surface area contributed by atoms with Crippen molar-refractivity contribution in [3.8, 4) is 0 Å². The van der Waals surface area contributed by atoms with Crippen LogP contribution in [0.1, 0.15) is 10.4 Å². The number of anilines is 2. The van der Waals surface area contributed by atoms with Crippen LogP contribution in [-0.2, 0) is 10.0 Å². The lowest BCUT2D eigenvalue weighted by atomic mass is 10.1. The summed E-state index contributed by atoms with van der Waals surface area (Å²) in [5.41, 5.74) is 0.638. The topological polar surface area (TPSA) is 66.5 Å². The molecule has 2 rings (SSSR count). The van der Waals surface area contributed by atoms with E-state index in [1.165, 1.54) is 37.4 Å². The van der Waals surface area contributed by atoms with Gasteiger partial charge >= 0.3 is 0 Å². The van der Waals surface area contributed by atoms with Crippen LogP contribution in [0.3, 0.4) is 0 Å². The Kier molecular flexibility index (Phi) is 5.37. The number of halogens is 3. The molecule has 0 aromatic heterocycles. The number of nitrogens with one attached hydrogen (secondary N) is 1. The van der Waals surface area contributed by atoms with E-state index >= 15 is 0 Å². The molecule has 0 aliphatic rings. The van der Waals surface area contributed by atoms with E-state index in [0.29, 0.717) is 0 Å². The molecule has 2 aromatic rings. The van der Waals surface area contributed by atoms with Crippen LogP contribution in [0.2, 0.25) is 10.0 Å². The van der Waals surface area contributed by atoms with Crippen LogP contribution in [0.5, 0.6) is 0 Å². The molecule has 5 nitrogen and oxygen atoms in total. The van der Waals surface area contributed by atoms with Gasteiger partial charge in [0.05, 0.1) is 27.6 Å². The van der Waals surface area contributed by atoms with Gasteiger partial charge in [0.1, 0.15) is 5.82 Å². The van der Waals surface area contributed by atoms with Crippen LogP contribution < -0.4 is 9.62 Å². The van der Waals surface area contributed by atoms with E-state index in [4.69, 9.17) is 23.2 Å². The highest BCUT2D eigenvalue weighted by atomic mass is 35.5. The fourth-order valence-electron chi connectivity index (χ4n) is 1.85. The first-order chi connectivity index (χ1) is 11.1. The SMILES string of the molecule is CN(c1ccc(Cl)c(C(=O)Nc2ccc(F)c(Cl)c2)c1)S(C)(=O)=O. The van der Waals surface area contributed by atoms with Crippen molar-refractivity contribution < 1.29 is 17.6 Å². The summed E-state index contributed by atoms with van der Waals surface area (Å²) in [5.74, 6) is -1.18. The summed E-state index contributed by atoms with van der Waals surface area (Å²) < 4.78 is 37.4. The molecule has 1 N–H and O–H groups in total. The van der Waals surface area contributed by atoms with Gasteiger partial charge in [0, 0.05) is 12.7 Å². The Hall–Kier alpha value is -1.83. The predicted octanol–water partition coefficient (Wildman–Crippen LogP) is 3.78. The van der Waals surface area contributed by atoms with Crippen molar-refractivity contribution in [2.24, 2.45) is 0 Å². The van der Waals surface area contributed by atoms with Gasteiger partial charge in [-0.1, -0.05) is 23.2 Å². The van der Waals surface area contributed by atoms with Gasteiger partial charge in [-0.3, -0.25) is 9.10 Å². The minimum atomic E-state index is -3.48. The third-order valence-corrected chi connectivity index (χ3v) is 5.06. The third kappa shape index (κ3) is 4.17. The zero-order valence-electron chi connectivity index (χ0n) is 12.7. The molecular weight excluding hydrogens is 378 g/mol. The maximum absolute atomic E-state index is 13.1. The quantitative estimate of drug-likeness (QED) is 0.863. The number of hydrogen-bond acceptors (Lipinski definition) is 3. The van der Waals surface area contributed by atoms with E-state index in [1.54, 1.807) is 0 Å². The molecule has 128 valence electrons. The summed E-state index contributed by atoms with van der Waals surface area (Å²) >= 11 is 11.7. The number of carbonyl (C=O) groups is 1. The minimum absolute atomic E-state index is 0.0742. The molecule has 0 saturated carbocycles. The van der Waals surface area contributed by atoms with E-state index < -0.39 is 21.7 Å². The standard InChI is InChI=1S/C15H13Cl2FN2O3S/c1-20(24(2,22)23)10-4-5-12(16)11(8-10)15(21)19-9-3-6-14(18)13(17)7-9/h3-8H,1-2H3,(H,19,21). The molecule has 0 fully saturated rings. The normalized spacial score (nSPS) is 11.2. The zero-order chi connectivity index (χ0) is 18.1. The van der Waals surface area contributed by atoms with Gasteiger partial charge in [-0.2, -0.15) is 0 Å². The zero-order valence-corrected chi connectivity index (χ0v) is 15.0. The van der Waals surface area contributed by atoms with E-state index in [2.05, 4.69) is 5.32 Å². The molecular formula is C15H13Cl2FN2O3S. The first kappa shape index (κ1) is 18.5. The number of carbonyl (C=O) groups excluding carboxylic acids is 1. The lowest BCUT2D eigenvalue weighted by Gasteiger charge is -2.18. The molecule has 1 amide bonds. The number of sulfonamides is 1. The van der Waals surface area contributed by atoms with Gasteiger partial charge in [-0.05, 0) is 36.4 Å². The van der Waals surface area contributed by atoms with Crippen LogP contribution >= 0.6 is 23.2 Å². The lowest BCUT2D eigenvalue weighted by Crippen LogP contribution is -2.25. The largest absolute Gasteiger partial charge is 0.322 e. The van der Waals surface area contributed by atoms with Crippen LogP contribution in [-0.4, -0.2) is 27.6 Å². The van der Waals surface area contributed by atoms with Crippen LogP contribution in [0.4, 0.5) is 15.8 Å². The van der Waals surface area contributed by atoms with Gasteiger partial charge in [-0.15, -0.1) is 0 Å². The molecule has 0 atom stereocenters. The highest BCUT2D eigenvalue weighted by molar-refractivity contribution is 7.92. The fourth-order valence-corrected chi connectivity index (χ4v) is 2.73. The molecule has 9 heteroatoms. The molecule has 2 aromatic carbocycles. The molecule has 0 aliphatic carbocycles. The van der Waals surface area contributed by atoms with Crippen molar-refractivity contribution >= 4 is 50.5 Å². The van der Waals surface area contributed by atoms with Gasteiger partial charge < -0.3 is 5.32 Å². The number of rotatable bonds is 4. The second-order valence-corrected chi connectivity index (χ2v) is 7.81. The van der Waals surface area contributed by atoms with E-state index in [-0.39, 0.29) is 27.0 Å². The Morgan fingerprint density at radius 3 is 2.38 bits per heavy atom. The third-order valence-electron chi connectivity index (χ3n) is 3.23. The van der Waals surface area contributed by atoms with Crippen LogP contribution in [0.15, 0.2) is 36.4 Å². The summed E-state index contributed by atoms with van der Waals surface area (Å²) in [4.78, 5) is 12.4. The number of benzene rings is 2. The van der Waals surface area contributed by atoms with Gasteiger partial charge in [-0.25, -0.2) is 12.8 Å². The van der Waals surface area contributed by atoms with Gasteiger partial charge in [0.2, 0.25) is 10.0 Å². The maximum atomic E-state index is 13.1. The lowest BCUT2D eigenvalue weighted by molar-refractivity contribution is 0.102. The molecule has 0 saturated heterocycles. The van der Waals surface area contributed by atoms with E-state index in [1.807, 2.05) is 0 Å². The first-order valence-electron chi connectivity index (χ1n) is 6.59. The highest BCUT2D eigenvalue weighted by Crippen LogP contribution is 2.26. The summed E-state index contributed by atoms with van der Waals surface area (Å²) in [6, 6.07) is 7.98. The molecule has 0 bridgehead atoms. The smallest absolute Gasteiger partial charge is 0.257 e. The minimum Gasteiger partial charge on any atom is -0.322 e. The number of nitrogens with zero attached hydrogens (tertiary/aromatic N) is 1. The second-order valence-electron chi connectivity index (χ2n) is 4.98. The highest BCUT2D eigenvalue weighted by Gasteiger charge is 2.17. The number of amides is 1. The molecule has 0 unspecified atom stereocenters. The van der Waals surface area contributed by atoms with Crippen molar-refractivity contribution in [1.29, 1.82) is 0 Å². The predicted molar refractivity (Wildman–Crippen MR) is 94.1 cm³/mol. The average molecular weight is 391 g/mol. The Bertz CT molecular complexity index is 904. The Labute approximate surface area is 149 Å². The van der Waals surface area contributed by atoms with Crippen molar-refractivity contribution in [3.63, 3.8) is 0 Å². The van der Waals surface area contributed by atoms with Crippen molar-refractivity contribution in [2.75, 3.05) is 22.9 Å². The number of hydrogen-bond donors (Lipinski definition) is 1. The summed E-state index contributed by atoms with van der Waals surface area (Å²) in [7, 11) is -2.12. The second kappa shape index (κ2) is 6.96. The summed E-state index contributed by atoms with van der Waals surface area (Å²) in [6.45, 7) is 0. The van der Waals surface area contributed by atoms with Gasteiger partial charge in [0.15, 0.2) is 0 Å². The monoisotopic (exact) mass is 390 g/mol. The van der Waals surface area contributed by atoms with Crippen molar-refractivity contribution in [2.45, 2.75) is 0 Å². The van der Waals surface area contributed by atoms with Crippen molar-refractivity contribution in [1.82, 2.24) is 0 Å². The van der Waals surface area contributed by atoms with E-state index in [0.717, 1.165) is 16.6 Å². The summed E-state index contributed by atoms with van der Waals surface area (Å²) in [5, 5.41) is 2.54. The molecule has 0 aliphatic heterocycles. The first-order valence-corrected chi connectivity index (χ1v) is 9.20. The fraction of sp³-hybridized carbons (Fsp3) is 0.133. The molecule has 0 radical (unpaired) electrons. The van der Waals surface area contributed by atoms with Crippen molar-refractivity contribution in [3.05, 3.63) is 57.8 Å². The Morgan fingerprint density at radius 1 is 1.12 bits per heavy atom. The molecule has 0 spiro atoms. The average Bonchev–Trinajstić information content (AvgIpc) is 2.49. The van der Waals surface area contributed by atoms with E-state index in [9.17, 15) is 17.6 Å². The Morgan fingerprint density at radius 2 is 1.79 bits per heavy atom. The summed E-state index contributed by atoms with van der Waals surface area (Å²) in [6.07, 6.45) is 1.04. The maximum Gasteiger partial charge on any atom is 0.257 e. The van der Waals surface area contributed by atoms with Crippen LogP contribution in [0, 0.1) is 5.82 Å². The Balaban J connectivity index is 2.33.